The van der Waals surface area contributed by atoms with Crippen LogP contribution in [0, 0.1) is 0 Å². The van der Waals surface area contributed by atoms with Gasteiger partial charge in [-0.25, -0.2) is 13.4 Å². The number of H-pyrrole nitrogens is 1. The number of nitrogens with zero attached hydrogens (tertiary/aromatic N) is 2. The maximum absolute atomic E-state index is 12.9. The molecule has 2 aromatic rings. The number of benzene rings is 1. The molecule has 3 rings (SSSR count). The highest BCUT2D eigenvalue weighted by molar-refractivity contribution is 7.89. The van der Waals surface area contributed by atoms with Gasteiger partial charge in [-0.2, -0.15) is 4.31 Å². The minimum atomic E-state index is -3.96. The molecule has 2 heterocycles. The van der Waals surface area contributed by atoms with Crippen LogP contribution in [0.15, 0.2) is 35.5 Å². The number of hydrogen-bond donors (Lipinski definition) is 2. The molecule has 24 heavy (non-hydrogen) atoms. The number of aromatic amines is 1. The maximum atomic E-state index is 12.9. The number of sulfonamides is 1. The monoisotopic (exact) mass is 351 g/mol. The van der Waals surface area contributed by atoms with Crippen molar-refractivity contribution in [1.82, 2.24) is 14.3 Å². The van der Waals surface area contributed by atoms with Gasteiger partial charge in [0.05, 0.1) is 35.8 Å². The fourth-order valence-electron chi connectivity index (χ4n) is 2.69. The summed E-state index contributed by atoms with van der Waals surface area (Å²) in [5, 5.41) is 9.43. The number of ether oxygens (including phenoxy) is 1. The van der Waals surface area contributed by atoms with E-state index in [4.69, 9.17) is 4.74 Å². The molecule has 0 saturated heterocycles. The molecule has 1 aromatic carbocycles. The first-order valence-corrected chi connectivity index (χ1v) is 8.86. The van der Waals surface area contributed by atoms with Crippen LogP contribution in [-0.4, -0.2) is 46.4 Å². The van der Waals surface area contributed by atoms with E-state index in [9.17, 15) is 18.3 Å². The number of carboxylic acid groups (broad SMARTS) is 1. The van der Waals surface area contributed by atoms with Crippen LogP contribution in [0.1, 0.15) is 18.3 Å². The summed E-state index contributed by atoms with van der Waals surface area (Å²) in [6.45, 7) is 2.25. The molecule has 0 bridgehead atoms. The average Bonchev–Trinajstić information content (AvgIpc) is 3.02. The van der Waals surface area contributed by atoms with Gasteiger partial charge in [0, 0.05) is 6.42 Å². The molecule has 1 unspecified atom stereocenters. The van der Waals surface area contributed by atoms with Gasteiger partial charge in [-0.3, -0.25) is 4.79 Å². The summed E-state index contributed by atoms with van der Waals surface area (Å²) in [5.41, 5.74) is 1.20. The molecule has 0 radical (unpaired) electrons. The molecule has 128 valence electrons. The second-order valence-corrected chi connectivity index (χ2v) is 7.23. The van der Waals surface area contributed by atoms with Crippen LogP contribution in [0.3, 0.4) is 0 Å². The predicted octanol–water partition coefficient (Wildman–Crippen LogP) is 1.01. The van der Waals surface area contributed by atoms with Crippen LogP contribution in [0.5, 0.6) is 5.75 Å². The molecule has 0 spiro atoms. The second-order valence-electron chi connectivity index (χ2n) is 5.34. The van der Waals surface area contributed by atoms with Gasteiger partial charge in [0.25, 0.3) is 0 Å². The Bertz CT molecular complexity index is 844. The van der Waals surface area contributed by atoms with E-state index >= 15 is 0 Å². The topological polar surface area (TPSA) is 113 Å². The van der Waals surface area contributed by atoms with Gasteiger partial charge in [-0.15, -0.1) is 0 Å². The normalized spacial score (nSPS) is 18.1. The van der Waals surface area contributed by atoms with Crippen LogP contribution in [0.25, 0.3) is 0 Å². The van der Waals surface area contributed by atoms with E-state index in [0.29, 0.717) is 23.7 Å². The summed E-state index contributed by atoms with van der Waals surface area (Å²) in [5.74, 6) is -0.640. The molecule has 0 saturated carbocycles. The summed E-state index contributed by atoms with van der Waals surface area (Å²) in [6, 6.07) is 4.76. The summed E-state index contributed by atoms with van der Waals surface area (Å²) in [4.78, 5) is 18.5. The van der Waals surface area contributed by atoms with E-state index in [1.807, 2.05) is 6.92 Å². The van der Waals surface area contributed by atoms with E-state index in [-0.39, 0.29) is 17.9 Å². The highest BCUT2D eigenvalue weighted by Crippen LogP contribution is 2.28. The lowest BCUT2D eigenvalue weighted by atomic mass is 10.1. The zero-order chi connectivity index (χ0) is 17.3. The Kier molecular flexibility index (Phi) is 4.29. The lowest BCUT2D eigenvalue weighted by Gasteiger charge is -2.31. The van der Waals surface area contributed by atoms with Crippen molar-refractivity contribution in [3.05, 3.63) is 42.0 Å². The Morgan fingerprint density at radius 1 is 1.42 bits per heavy atom. The van der Waals surface area contributed by atoms with Crippen molar-refractivity contribution < 1.29 is 23.1 Å². The highest BCUT2D eigenvalue weighted by Gasteiger charge is 2.40. The fourth-order valence-corrected chi connectivity index (χ4v) is 4.24. The molecule has 2 N–H and O–H groups in total. The summed E-state index contributed by atoms with van der Waals surface area (Å²) in [6.07, 6.45) is 1.47. The number of nitrogens with one attached hydrogen (secondary N) is 1. The zero-order valence-corrected chi connectivity index (χ0v) is 13.8. The lowest BCUT2D eigenvalue weighted by molar-refractivity contribution is -0.141. The van der Waals surface area contributed by atoms with Crippen molar-refractivity contribution in [1.29, 1.82) is 0 Å². The van der Waals surface area contributed by atoms with E-state index in [2.05, 4.69) is 9.97 Å². The minimum Gasteiger partial charge on any atom is -0.494 e. The summed E-state index contributed by atoms with van der Waals surface area (Å²) in [7, 11) is -3.96. The number of imidazole rings is 1. The second kappa shape index (κ2) is 6.25. The third kappa shape index (κ3) is 2.87. The highest BCUT2D eigenvalue weighted by atomic mass is 32.2. The largest absolute Gasteiger partial charge is 0.494 e. The van der Waals surface area contributed by atoms with Crippen LogP contribution in [0.2, 0.25) is 0 Å². The number of rotatable bonds is 5. The van der Waals surface area contributed by atoms with Gasteiger partial charge in [-0.1, -0.05) is 0 Å². The summed E-state index contributed by atoms with van der Waals surface area (Å²) >= 11 is 0. The molecular weight excluding hydrogens is 334 g/mol. The van der Waals surface area contributed by atoms with E-state index in [1.54, 1.807) is 12.1 Å². The number of aromatic nitrogens is 2. The van der Waals surface area contributed by atoms with E-state index in [1.165, 1.54) is 18.5 Å². The third-order valence-corrected chi connectivity index (χ3v) is 5.75. The van der Waals surface area contributed by atoms with E-state index < -0.39 is 22.0 Å². The van der Waals surface area contributed by atoms with Crippen molar-refractivity contribution in [3.8, 4) is 5.75 Å². The van der Waals surface area contributed by atoms with Crippen LogP contribution in [0.4, 0.5) is 0 Å². The molecule has 0 amide bonds. The molecule has 1 aromatic heterocycles. The minimum absolute atomic E-state index is 0.0279. The molecular formula is C15H17N3O5S. The van der Waals surface area contributed by atoms with Gasteiger partial charge in [-0.05, 0) is 31.2 Å². The van der Waals surface area contributed by atoms with Crippen LogP contribution in [-0.2, 0) is 27.8 Å². The first-order chi connectivity index (χ1) is 11.4. The van der Waals surface area contributed by atoms with Gasteiger partial charge < -0.3 is 14.8 Å². The number of carbonyl (C=O) groups is 1. The van der Waals surface area contributed by atoms with Crippen molar-refractivity contribution in [2.45, 2.75) is 30.8 Å². The van der Waals surface area contributed by atoms with Crippen LogP contribution >= 0.6 is 0 Å². The molecule has 0 fully saturated rings. The van der Waals surface area contributed by atoms with Crippen molar-refractivity contribution in [2.75, 3.05) is 6.61 Å². The van der Waals surface area contributed by atoms with Gasteiger partial charge in [0.2, 0.25) is 10.0 Å². The third-order valence-electron chi connectivity index (χ3n) is 3.88. The first kappa shape index (κ1) is 16.5. The van der Waals surface area contributed by atoms with Crippen LogP contribution < -0.4 is 4.74 Å². The number of aliphatic carboxylic acids is 1. The lowest BCUT2D eigenvalue weighted by Crippen LogP contribution is -2.48. The Labute approximate surface area is 139 Å². The van der Waals surface area contributed by atoms with Crippen molar-refractivity contribution in [3.63, 3.8) is 0 Å². The standard InChI is InChI=1S/C15H17N3O5S/c1-2-23-10-3-5-11(6-4-10)24(21,22)18-8-13-12(16-9-17-13)7-14(18)15(19)20/h3-6,9,14H,2,7-8H2,1H3,(H,16,17)(H,19,20). The van der Waals surface area contributed by atoms with Gasteiger partial charge >= 0.3 is 5.97 Å². The Balaban J connectivity index is 1.96. The smallest absolute Gasteiger partial charge is 0.322 e. The van der Waals surface area contributed by atoms with Gasteiger partial charge in [0.1, 0.15) is 11.8 Å². The quantitative estimate of drug-likeness (QED) is 0.831. The number of carboxylic acids is 1. The maximum Gasteiger partial charge on any atom is 0.322 e. The summed E-state index contributed by atoms with van der Waals surface area (Å²) < 4.78 is 32.1. The predicted molar refractivity (Wildman–Crippen MR) is 84.1 cm³/mol. The Morgan fingerprint density at radius 2 is 2.12 bits per heavy atom. The van der Waals surface area contributed by atoms with Gasteiger partial charge in [0.15, 0.2) is 0 Å². The zero-order valence-electron chi connectivity index (χ0n) is 13.0. The molecule has 0 aliphatic carbocycles. The van der Waals surface area contributed by atoms with E-state index in [0.717, 1.165) is 4.31 Å². The van der Waals surface area contributed by atoms with Crippen molar-refractivity contribution >= 4 is 16.0 Å². The molecule has 1 aliphatic heterocycles. The molecule has 9 heteroatoms. The van der Waals surface area contributed by atoms with Crippen molar-refractivity contribution in [2.24, 2.45) is 0 Å². The fraction of sp³-hybridized carbons (Fsp3) is 0.333. The molecule has 1 aliphatic rings. The molecule has 1 atom stereocenters. The number of fused-ring (bicyclic) bond motifs is 1. The first-order valence-electron chi connectivity index (χ1n) is 7.42. The Hall–Kier alpha value is -2.39. The number of hydrogen-bond acceptors (Lipinski definition) is 5. The molecule has 8 nitrogen and oxygen atoms in total. The SMILES string of the molecule is CCOc1ccc(S(=O)(=O)N2Cc3[nH]cnc3CC2C(=O)O)cc1. The Morgan fingerprint density at radius 3 is 2.75 bits per heavy atom. The average molecular weight is 351 g/mol.